The number of nitrogen functional groups attached to an aromatic ring is 1. The van der Waals surface area contributed by atoms with Crippen molar-refractivity contribution in [1.29, 1.82) is 0 Å². The normalized spacial score (nSPS) is 16.7. The zero-order chi connectivity index (χ0) is 13.7. The summed E-state index contributed by atoms with van der Waals surface area (Å²) >= 11 is 0. The lowest BCUT2D eigenvalue weighted by molar-refractivity contribution is -0.120. The third kappa shape index (κ3) is 4.22. The maximum atomic E-state index is 11.2. The van der Waals surface area contributed by atoms with E-state index in [9.17, 15) is 4.79 Å². The summed E-state index contributed by atoms with van der Waals surface area (Å²) in [5.41, 5.74) is 12.9. The molecule has 1 aromatic rings. The molecule has 0 spiro atoms. The van der Waals surface area contributed by atoms with Crippen LogP contribution in [-0.4, -0.2) is 36.6 Å². The van der Waals surface area contributed by atoms with Crippen LogP contribution in [0.4, 0.5) is 5.69 Å². The molecule has 0 bridgehead atoms. The molecule has 0 aromatic heterocycles. The molecule has 1 aliphatic heterocycles. The van der Waals surface area contributed by atoms with E-state index in [1.54, 1.807) is 0 Å². The molecule has 1 saturated heterocycles. The van der Waals surface area contributed by atoms with Crippen LogP contribution >= 0.6 is 0 Å². The first-order valence-electron chi connectivity index (χ1n) is 6.59. The predicted octanol–water partition coefficient (Wildman–Crippen LogP) is 0.735. The molecule has 5 heteroatoms. The highest BCUT2D eigenvalue weighted by Gasteiger charge is 2.22. The number of amides is 1. The Labute approximate surface area is 113 Å². The summed E-state index contributed by atoms with van der Waals surface area (Å²) in [5.74, 6) is -0.290. The van der Waals surface area contributed by atoms with Gasteiger partial charge in [-0.25, -0.2) is 0 Å². The van der Waals surface area contributed by atoms with Gasteiger partial charge in [-0.3, -0.25) is 9.69 Å². The fraction of sp³-hybridized carbons (Fsp3) is 0.500. The van der Waals surface area contributed by atoms with Crippen LogP contribution < -0.4 is 11.5 Å². The first kappa shape index (κ1) is 13.8. The Morgan fingerprint density at radius 3 is 2.47 bits per heavy atom. The van der Waals surface area contributed by atoms with E-state index in [4.69, 9.17) is 16.2 Å². The van der Waals surface area contributed by atoms with E-state index in [0.717, 1.165) is 37.3 Å². The lowest BCUT2D eigenvalue weighted by Crippen LogP contribution is -2.43. The van der Waals surface area contributed by atoms with Crippen molar-refractivity contribution in [1.82, 2.24) is 4.90 Å². The van der Waals surface area contributed by atoms with Crippen molar-refractivity contribution in [3.05, 3.63) is 29.8 Å². The summed E-state index contributed by atoms with van der Waals surface area (Å²) in [6.07, 6.45) is 1.89. The Morgan fingerprint density at radius 2 is 1.89 bits per heavy atom. The molecule has 19 heavy (non-hydrogen) atoms. The highest BCUT2D eigenvalue weighted by Crippen LogP contribution is 2.17. The highest BCUT2D eigenvalue weighted by molar-refractivity contribution is 5.76. The van der Waals surface area contributed by atoms with Gasteiger partial charge in [0.05, 0.1) is 6.54 Å². The van der Waals surface area contributed by atoms with Crippen LogP contribution in [0.25, 0.3) is 0 Å². The van der Waals surface area contributed by atoms with E-state index in [0.29, 0.717) is 12.6 Å². The average Bonchev–Trinajstić information content (AvgIpc) is 2.41. The number of carbonyl (C=O) groups is 1. The number of carbonyl (C=O) groups excluding carboxylic acids is 1. The second-order valence-corrected chi connectivity index (χ2v) is 4.96. The molecule has 104 valence electrons. The number of primary amides is 1. The van der Waals surface area contributed by atoms with E-state index >= 15 is 0 Å². The molecule has 0 radical (unpaired) electrons. The largest absolute Gasteiger partial charge is 0.399 e. The predicted molar refractivity (Wildman–Crippen MR) is 74.3 cm³/mol. The molecule has 4 N–H and O–H groups in total. The molecule has 0 saturated carbocycles. The Kier molecular flexibility index (Phi) is 4.76. The van der Waals surface area contributed by atoms with E-state index in [2.05, 4.69) is 4.90 Å². The molecular weight excluding hydrogens is 242 g/mol. The topological polar surface area (TPSA) is 81.6 Å². The number of nitrogens with two attached hydrogens (primary N) is 2. The van der Waals surface area contributed by atoms with Gasteiger partial charge in [-0.15, -0.1) is 0 Å². The smallest absolute Gasteiger partial charge is 0.231 e. The first-order chi connectivity index (χ1) is 9.15. The fourth-order valence-corrected chi connectivity index (χ4v) is 2.42. The number of ether oxygens (including phenoxy) is 1. The van der Waals surface area contributed by atoms with Gasteiger partial charge in [0, 0.05) is 31.5 Å². The van der Waals surface area contributed by atoms with Crippen molar-refractivity contribution in [3.8, 4) is 0 Å². The van der Waals surface area contributed by atoms with E-state index < -0.39 is 0 Å². The molecule has 1 aliphatic rings. The quantitative estimate of drug-likeness (QED) is 0.768. The van der Waals surface area contributed by atoms with Gasteiger partial charge >= 0.3 is 0 Å². The lowest BCUT2D eigenvalue weighted by Gasteiger charge is -2.33. The molecule has 5 nitrogen and oxygen atoms in total. The van der Waals surface area contributed by atoms with Crippen molar-refractivity contribution in [2.24, 2.45) is 5.73 Å². The van der Waals surface area contributed by atoms with Crippen LogP contribution in [0.5, 0.6) is 0 Å². The van der Waals surface area contributed by atoms with Crippen LogP contribution in [0.1, 0.15) is 18.4 Å². The SMILES string of the molecule is NC(=O)CN(Cc1ccc(N)cc1)C1CCOCC1. The third-order valence-electron chi connectivity index (χ3n) is 3.43. The second kappa shape index (κ2) is 6.54. The number of benzene rings is 1. The van der Waals surface area contributed by atoms with Gasteiger partial charge in [-0.2, -0.15) is 0 Å². The molecule has 0 aliphatic carbocycles. The zero-order valence-electron chi connectivity index (χ0n) is 11.0. The van der Waals surface area contributed by atoms with Crippen molar-refractivity contribution in [2.75, 3.05) is 25.5 Å². The van der Waals surface area contributed by atoms with Crippen LogP contribution in [0.15, 0.2) is 24.3 Å². The van der Waals surface area contributed by atoms with Crippen LogP contribution in [0.3, 0.4) is 0 Å². The van der Waals surface area contributed by atoms with Gasteiger partial charge in [0.25, 0.3) is 0 Å². The number of hydrogen-bond acceptors (Lipinski definition) is 4. The zero-order valence-corrected chi connectivity index (χ0v) is 11.0. The summed E-state index contributed by atoms with van der Waals surface area (Å²) in [6, 6.07) is 8.09. The molecular formula is C14H21N3O2. The first-order valence-corrected chi connectivity index (χ1v) is 6.59. The number of hydrogen-bond donors (Lipinski definition) is 2. The van der Waals surface area contributed by atoms with Crippen LogP contribution in [0.2, 0.25) is 0 Å². The molecule has 1 aromatic carbocycles. The minimum Gasteiger partial charge on any atom is -0.399 e. The maximum Gasteiger partial charge on any atom is 0.231 e. The Bertz CT molecular complexity index is 413. The molecule has 2 rings (SSSR count). The monoisotopic (exact) mass is 263 g/mol. The lowest BCUT2D eigenvalue weighted by atomic mass is 10.1. The highest BCUT2D eigenvalue weighted by atomic mass is 16.5. The van der Waals surface area contributed by atoms with Gasteiger partial charge in [0.15, 0.2) is 0 Å². The van der Waals surface area contributed by atoms with E-state index in [1.165, 1.54) is 0 Å². The average molecular weight is 263 g/mol. The fourth-order valence-electron chi connectivity index (χ4n) is 2.42. The van der Waals surface area contributed by atoms with Crippen molar-refractivity contribution in [3.63, 3.8) is 0 Å². The van der Waals surface area contributed by atoms with Gasteiger partial charge in [0.2, 0.25) is 5.91 Å². The van der Waals surface area contributed by atoms with Crippen molar-refractivity contribution < 1.29 is 9.53 Å². The molecule has 1 amide bonds. The van der Waals surface area contributed by atoms with Crippen LogP contribution in [-0.2, 0) is 16.1 Å². The minimum atomic E-state index is -0.290. The van der Waals surface area contributed by atoms with E-state index in [-0.39, 0.29) is 12.5 Å². The molecule has 1 heterocycles. The number of rotatable bonds is 5. The van der Waals surface area contributed by atoms with Gasteiger partial charge < -0.3 is 16.2 Å². The minimum absolute atomic E-state index is 0.287. The van der Waals surface area contributed by atoms with Crippen molar-refractivity contribution >= 4 is 11.6 Å². The Hall–Kier alpha value is -1.59. The maximum absolute atomic E-state index is 11.2. The Balaban J connectivity index is 2.03. The van der Waals surface area contributed by atoms with Crippen LogP contribution in [0, 0.1) is 0 Å². The third-order valence-corrected chi connectivity index (χ3v) is 3.43. The summed E-state index contributed by atoms with van der Waals surface area (Å²) in [5, 5.41) is 0. The number of nitrogens with zero attached hydrogens (tertiary/aromatic N) is 1. The van der Waals surface area contributed by atoms with Gasteiger partial charge in [0.1, 0.15) is 0 Å². The standard InChI is InChI=1S/C14H21N3O2/c15-12-3-1-11(2-4-12)9-17(10-14(16)18)13-5-7-19-8-6-13/h1-4,13H,5-10,15H2,(H2,16,18). The van der Waals surface area contributed by atoms with Crippen molar-refractivity contribution in [2.45, 2.75) is 25.4 Å². The van der Waals surface area contributed by atoms with Gasteiger partial charge in [-0.05, 0) is 30.5 Å². The summed E-state index contributed by atoms with van der Waals surface area (Å²) < 4.78 is 5.36. The summed E-state index contributed by atoms with van der Waals surface area (Å²) in [7, 11) is 0. The summed E-state index contributed by atoms with van der Waals surface area (Å²) in [6.45, 7) is 2.51. The summed E-state index contributed by atoms with van der Waals surface area (Å²) in [4.78, 5) is 13.4. The number of anilines is 1. The van der Waals surface area contributed by atoms with E-state index in [1.807, 2.05) is 24.3 Å². The molecule has 0 atom stereocenters. The Morgan fingerprint density at radius 1 is 1.26 bits per heavy atom. The molecule has 1 fully saturated rings. The second-order valence-electron chi connectivity index (χ2n) is 4.96. The molecule has 0 unspecified atom stereocenters. The van der Waals surface area contributed by atoms with Gasteiger partial charge in [-0.1, -0.05) is 12.1 Å².